The largest absolute Gasteiger partial charge is 0.462 e. The summed E-state index contributed by atoms with van der Waals surface area (Å²) in [5.74, 6) is 2.71. The Balaban J connectivity index is 1.57. The average molecular weight is 346 g/mol. The van der Waals surface area contributed by atoms with E-state index in [-0.39, 0.29) is 18.0 Å². The third-order valence-electron chi connectivity index (χ3n) is 7.97. The Hall–Kier alpha value is -0.830. The van der Waals surface area contributed by atoms with Crippen molar-refractivity contribution in [2.24, 2.45) is 29.6 Å². The summed E-state index contributed by atoms with van der Waals surface area (Å²) >= 11 is 0. The van der Waals surface area contributed by atoms with Crippen molar-refractivity contribution in [2.45, 2.75) is 83.4 Å². The van der Waals surface area contributed by atoms with Crippen molar-refractivity contribution >= 4 is 5.97 Å². The summed E-state index contributed by atoms with van der Waals surface area (Å²) in [5.41, 5.74) is 0. The van der Waals surface area contributed by atoms with E-state index in [9.17, 15) is 4.79 Å². The van der Waals surface area contributed by atoms with E-state index in [4.69, 9.17) is 4.74 Å². The molecule has 3 heteroatoms. The third-order valence-corrected chi connectivity index (χ3v) is 7.97. The van der Waals surface area contributed by atoms with Crippen molar-refractivity contribution in [1.82, 2.24) is 4.90 Å². The molecule has 3 nitrogen and oxygen atoms in total. The quantitative estimate of drug-likeness (QED) is 0.548. The molecule has 0 radical (unpaired) electrons. The van der Waals surface area contributed by atoms with E-state index in [0.29, 0.717) is 23.9 Å². The van der Waals surface area contributed by atoms with Crippen LogP contribution in [0.25, 0.3) is 0 Å². The van der Waals surface area contributed by atoms with Gasteiger partial charge in [0.25, 0.3) is 0 Å². The van der Waals surface area contributed by atoms with Gasteiger partial charge in [0.05, 0.1) is 5.92 Å². The predicted molar refractivity (Wildman–Crippen MR) is 100 cm³/mol. The van der Waals surface area contributed by atoms with Crippen molar-refractivity contribution in [3.63, 3.8) is 0 Å². The van der Waals surface area contributed by atoms with Gasteiger partial charge >= 0.3 is 5.97 Å². The molecule has 0 aromatic heterocycles. The summed E-state index contributed by atoms with van der Waals surface area (Å²) in [6.07, 6.45) is 15.5. The smallest absolute Gasteiger partial charge is 0.309 e. The molecule has 0 spiro atoms. The van der Waals surface area contributed by atoms with Crippen LogP contribution in [0, 0.1) is 29.6 Å². The first-order valence-electron chi connectivity index (χ1n) is 10.7. The first kappa shape index (κ1) is 17.6. The van der Waals surface area contributed by atoms with Crippen LogP contribution in [0.5, 0.6) is 0 Å². The predicted octanol–water partition coefficient (Wildman–Crippen LogP) is 4.42. The highest BCUT2D eigenvalue weighted by atomic mass is 16.6. The second-order valence-corrected chi connectivity index (χ2v) is 9.24. The zero-order chi connectivity index (χ0) is 17.6. The van der Waals surface area contributed by atoms with Gasteiger partial charge in [-0.25, -0.2) is 0 Å². The molecular weight excluding hydrogens is 310 g/mol. The number of rotatable bonds is 2. The molecule has 2 aliphatic carbocycles. The Bertz CT molecular complexity index is 530. The zero-order valence-corrected chi connectivity index (χ0v) is 16.2. The van der Waals surface area contributed by atoms with Crippen LogP contribution in [0.3, 0.4) is 0 Å². The topological polar surface area (TPSA) is 29.5 Å². The molecule has 4 rings (SSSR count). The normalized spacial score (nSPS) is 48.2. The van der Waals surface area contributed by atoms with E-state index in [1.165, 1.54) is 44.9 Å². The summed E-state index contributed by atoms with van der Waals surface area (Å²) < 4.78 is 5.69. The van der Waals surface area contributed by atoms with Crippen LogP contribution >= 0.6 is 0 Å². The fourth-order valence-corrected chi connectivity index (χ4v) is 6.43. The summed E-state index contributed by atoms with van der Waals surface area (Å²) in [6, 6.07) is 1.25. The summed E-state index contributed by atoms with van der Waals surface area (Å²) in [6.45, 7) is 4.47. The number of piperidine rings is 1. The average Bonchev–Trinajstić information content (AvgIpc) is 2.89. The van der Waals surface area contributed by atoms with Crippen LogP contribution in [0.2, 0.25) is 0 Å². The number of likely N-dealkylation sites (tertiary alicyclic amines) is 1. The van der Waals surface area contributed by atoms with Gasteiger partial charge in [-0.05, 0) is 64.3 Å². The first-order chi connectivity index (χ1) is 12.1. The van der Waals surface area contributed by atoms with Crippen molar-refractivity contribution in [1.29, 1.82) is 0 Å². The molecule has 8 atom stereocenters. The monoisotopic (exact) mass is 345 g/mol. The lowest BCUT2D eigenvalue weighted by atomic mass is 9.57. The number of nitrogens with zero attached hydrogens (tertiary/aromatic N) is 1. The summed E-state index contributed by atoms with van der Waals surface area (Å²) in [7, 11) is 2.27. The minimum Gasteiger partial charge on any atom is -0.462 e. The molecule has 3 unspecified atom stereocenters. The molecule has 0 N–H and O–H groups in total. The third kappa shape index (κ3) is 3.18. The van der Waals surface area contributed by atoms with Gasteiger partial charge in [0, 0.05) is 18.0 Å². The number of allylic oxidation sites excluding steroid dienone is 1. The molecule has 2 saturated heterocycles. The van der Waals surface area contributed by atoms with Gasteiger partial charge < -0.3 is 4.74 Å². The Morgan fingerprint density at radius 3 is 2.68 bits per heavy atom. The van der Waals surface area contributed by atoms with E-state index >= 15 is 0 Å². The summed E-state index contributed by atoms with van der Waals surface area (Å²) in [4.78, 5) is 14.9. The van der Waals surface area contributed by atoms with Crippen molar-refractivity contribution < 1.29 is 9.53 Å². The lowest BCUT2D eigenvalue weighted by Crippen LogP contribution is -2.44. The maximum Gasteiger partial charge on any atom is 0.309 e. The zero-order valence-electron chi connectivity index (χ0n) is 16.2. The molecule has 2 aliphatic heterocycles. The highest BCUT2D eigenvalue weighted by Gasteiger charge is 2.53. The fourth-order valence-electron chi connectivity index (χ4n) is 6.43. The van der Waals surface area contributed by atoms with Crippen molar-refractivity contribution in [3.05, 3.63) is 12.2 Å². The molecular formula is C22H35NO2. The highest BCUT2D eigenvalue weighted by Crippen LogP contribution is 2.53. The van der Waals surface area contributed by atoms with Gasteiger partial charge in [-0.3, -0.25) is 9.69 Å². The Morgan fingerprint density at radius 2 is 1.84 bits per heavy atom. The van der Waals surface area contributed by atoms with Gasteiger partial charge in [-0.1, -0.05) is 37.8 Å². The Kier molecular flexibility index (Phi) is 4.96. The lowest BCUT2D eigenvalue weighted by Gasteiger charge is -2.46. The van der Waals surface area contributed by atoms with E-state index in [2.05, 4.69) is 37.9 Å². The second kappa shape index (κ2) is 7.06. The lowest BCUT2D eigenvalue weighted by molar-refractivity contribution is -0.144. The molecule has 2 heterocycles. The number of carbonyl (C=O) groups is 1. The van der Waals surface area contributed by atoms with Crippen LogP contribution in [-0.4, -0.2) is 36.1 Å². The first-order valence-corrected chi connectivity index (χ1v) is 10.7. The standard InChI is InChI=1S/C22H35NO2/c1-14-7-6-9-17(23(14)3)11-12-19-18-10-5-4-8-16(18)13-20-21(19)15(2)25-22(20)24/h11-12,14-21H,4-10,13H2,1-3H3/b12-11+/t14-,15-,16?,17+,18-,19?,20?,21+/m0/s1. The number of ether oxygens (including phenoxy) is 1. The van der Waals surface area contributed by atoms with E-state index in [1.54, 1.807) is 0 Å². The van der Waals surface area contributed by atoms with Gasteiger partial charge in [0.1, 0.15) is 6.10 Å². The maximum atomic E-state index is 12.4. The SMILES string of the molecule is C[C@@H]1OC(=O)C2CC3CCCC[C@@H]3C(/C=C/[C@H]3CCC[C@H](C)N3C)[C@H]21. The van der Waals surface area contributed by atoms with E-state index < -0.39 is 0 Å². The van der Waals surface area contributed by atoms with E-state index in [1.807, 2.05) is 0 Å². The number of cyclic esters (lactones) is 1. The maximum absolute atomic E-state index is 12.4. The number of likely N-dealkylation sites (N-methyl/N-ethyl adjacent to an activating group) is 1. The highest BCUT2D eigenvalue weighted by molar-refractivity contribution is 5.75. The minimum atomic E-state index is 0.0864. The molecule has 25 heavy (non-hydrogen) atoms. The van der Waals surface area contributed by atoms with Crippen LogP contribution in [0.4, 0.5) is 0 Å². The van der Waals surface area contributed by atoms with Crippen LogP contribution in [0.15, 0.2) is 12.2 Å². The molecule has 2 saturated carbocycles. The van der Waals surface area contributed by atoms with Crippen LogP contribution < -0.4 is 0 Å². The summed E-state index contributed by atoms with van der Waals surface area (Å²) in [5, 5.41) is 0. The number of esters is 1. The molecule has 0 amide bonds. The number of carbonyl (C=O) groups excluding carboxylic acids is 1. The molecule has 4 aliphatic rings. The Morgan fingerprint density at radius 1 is 1.04 bits per heavy atom. The van der Waals surface area contributed by atoms with E-state index in [0.717, 1.165) is 18.3 Å². The van der Waals surface area contributed by atoms with Gasteiger partial charge in [0.2, 0.25) is 0 Å². The van der Waals surface area contributed by atoms with Crippen molar-refractivity contribution in [2.75, 3.05) is 7.05 Å². The number of hydrogen-bond acceptors (Lipinski definition) is 3. The second-order valence-electron chi connectivity index (χ2n) is 9.24. The number of hydrogen-bond donors (Lipinski definition) is 0. The van der Waals surface area contributed by atoms with Gasteiger partial charge in [-0.15, -0.1) is 0 Å². The molecule has 0 aromatic rings. The molecule has 0 aromatic carbocycles. The van der Waals surface area contributed by atoms with Gasteiger partial charge in [-0.2, -0.15) is 0 Å². The number of fused-ring (bicyclic) bond motifs is 2. The Labute approximate surface area is 153 Å². The molecule has 4 fully saturated rings. The van der Waals surface area contributed by atoms with Crippen molar-refractivity contribution in [3.8, 4) is 0 Å². The van der Waals surface area contributed by atoms with Crippen LogP contribution in [-0.2, 0) is 9.53 Å². The van der Waals surface area contributed by atoms with Gasteiger partial charge in [0.15, 0.2) is 0 Å². The minimum absolute atomic E-state index is 0.0864. The molecule has 0 bridgehead atoms. The van der Waals surface area contributed by atoms with Crippen LogP contribution in [0.1, 0.15) is 65.2 Å². The molecule has 140 valence electrons. The fraction of sp³-hybridized carbons (Fsp3) is 0.864.